The number of hydrogen-bond acceptors (Lipinski definition) is 4. The lowest BCUT2D eigenvalue weighted by Gasteiger charge is -2.07. The Morgan fingerprint density at radius 2 is 2.10 bits per heavy atom. The molecule has 1 atom stereocenters. The predicted octanol–water partition coefficient (Wildman–Crippen LogP) is 1.91. The van der Waals surface area contributed by atoms with Crippen LogP contribution in [0.2, 0.25) is 0 Å². The number of carbonyl (C=O) groups is 1. The van der Waals surface area contributed by atoms with Crippen LogP contribution in [-0.2, 0) is 6.54 Å². The Labute approximate surface area is 123 Å². The first-order valence-electron chi connectivity index (χ1n) is 6.84. The number of urea groups is 1. The molecule has 6 heteroatoms. The summed E-state index contributed by atoms with van der Waals surface area (Å²) >= 11 is 0. The Morgan fingerprint density at radius 1 is 1.33 bits per heavy atom. The fraction of sp³-hybridized carbons (Fsp3) is 0.333. The number of aliphatic hydroxyl groups excluding tert-OH is 1. The van der Waals surface area contributed by atoms with Gasteiger partial charge in [-0.05, 0) is 25.5 Å². The van der Waals surface area contributed by atoms with Crippen LogP contribution in [-0.4, -0.2) is 28.8 Å². The second-order valence-corrected chi connectivity index (χ2v) is 4.76. The highest BCUT2D eigenvalue weighted by Gasteiger charge is 2.07. The molecular formula is C15H19N3O3. The lowest BCUT2D eigenvalue weighted by molar-refractivity contribution is 0.183. The van der Waals surface area contributed by atoms with Gasteiger partial charge in [-0.15, -0.1) is 0 Å². The molecule has 0 aliphatic heterocycles. The van der Waals surface area contributed by atoms with E-state index in [9.17, 15) is 4.79 Å². The van der Waals surface area contributed by atoms with E-state index < -0.39 is 6.10 Å². The number of hydrogen-bond donors (Lipinski definition) is 3. The molecule has 0 aliphatic rings. The molecule has 0 saturated carbocycles. The van der Waals surface area contributed by atoms with Crippen molar-refractivity contribution in [1.82, 2.24) is 15.6 Å². The van der Waals surface area contributed by atoms with Crippen LogP contribution in [0.1, 0.15) is 19.0 Å². The molecule has 1 unspecified atom stereocenters. The SMILES string of the molecule is CC(O)CCNC(=O)NCc1coc(-c2ccccc2)n1. The first-order valence-corrected chi connectivity index (χ1v) is 6.84. The van der Waals surface area contributed by atoms with Crippen molar-refractivity contribution in [2.24, 2.45) is 0 Å². The Balaban J connectivity index is 1.79. The minimum atomic E-state index is -0.422. The fourth-order valence-corrected chi connectivity index (χ4v) is 1.73. The topological polar surface area (TPSA) is 87.4 Å². The first-order chi connectivity index (χ1) is 10.1. The van der Waals surface area contributed by atoms with Crippen LogP contribution in [0.4, 0.5) is 4.79 Å². The van der Waals surface area contributed by atoms with Gasteiger partial charge in [0.15, 0.2) is 0 Å². The highest BCUT2D eigenvalue weighted by molar-refractivity contribution is 5.73. The minimum Gasteiger partial charge on any atom is -0.444 e. The van der Waals surface area contributed by atoms with Gasteiger partial charge in [-0.1, -0.05) is 18.2 Å². The van der Waals surface area contributed by atoms with E-state index in [4.69, 9.17) is 9.52 Å². The van der Waals surface area contributed by atoms with E-state index in [1.54, 1.807) is 6.92 Å². The summed E-state index contributed by atoms with van der Waals surface area (Å²) in [7, 11) is 0. The fourth-order valence-electron chi connectivity index (χ4n) is 1.73. The van der Waals surface area contributed by atoms with Crippen LogP contribution in [0.15, 0.2) is 41.0 Å². The molecule has 1 heterocycles. The molecule has 6 nitrogen and oxygen atoms in total. The quantitative estimate of drug-likeness (QED) is 0.758. The number of carbonyl (C=O) groups excluding carboxylic acids is 1. The van der Waals surface area contributed by atoms with Gasteiger partial charge < -0.3 is 20.2 Å². The molecule has 3 N–H and O–H groups in total. The van der Waals surface area contributed by atoms with Crippen LogP contribution >= 0.6 is 0 Å². The van der Waals surface area contributed by atoms with E-state index >= 15 is 0 Å². The molecule has 0 radical (unpaired) electrons. The van der Waals surface area contributed by atoms with Crippen molar-refractivity contribution in [2.75, 3.05) is 6.54 Å². The summed E-state index contributed by atoms with van der Waals surface area (Å²) in [5, 5.41) is 14.4. The molecule has 2 rings (SSSR count). The Hall–Kier alpha value is -2.34. The Morgan fingerprint density at radius 3 is 2.81 bits per heavy atom. The van der Waals surface area contributed by atoms with Crippen molar-refractivity contribution < 1.29 is 14.3 Å². The Kier molecular flexibility index (Phi) is 5.34. The summed E-state index contributed by atoms with van der Waals surface area (Å²) in [6.07, 6.45) is 1.63. The Bertz CT molecular complexity index is 567. The van der Waals surface area contributed by atoms with Gasteiger partial charge in [0.05, 0.1) is 18.3 Å². The predicted molar refractivity (Wildman–Crippen MR) is 78.5 cm³/mol. The van der Waals surface area contributed by atoms with Crippen LogP contribution in [0, 0.1) is 0 Å². The number of nitrogens with zero attached hydrogens (tertiary/aromatic N) is 1. The maximum absolute atomic E-state index is 11.5. The van der Waals surface area contributed by atoms with E-state index in [0.717, 1.165) is 5.56 Å². The molecule has 0 fully saturated rings. The normalized spacial score (nSPS) is 11.9. The third-order valence-corrected chi connectivity index (χ3v) is 2.85. The van der Waals surface area contributed by atoms with E-state index in [1.165, 1.54) is 6.26 Å². The highest BCUT2D eigenvalue weighted by Crippen LogP contribution is 2.17. The van der Waals surface area contributed by atoms with Crippen LogP contribution < -0.4 is 10.6 Å². The number of rotatable bonds is 6. The van der Waals surface area contributed by atoms with Gasteiger partial charge >= 0.3 is 6.03 Å². The minimum absolute atomic E-state index is 0.289. The van der Waals surface area contributed by atoms with Crippen LogP contribution in [0.3, 0.4) is 0 Å². The van der Waals surface area contributed by atoms with Gasteiger partial charge in [-0.2, -0.15) is 0 Å². The first kappa shape index (κ1) is 15.1. The van der Waals surface area contributed by atoms with E-state index in [-0.39, 0.29) is 12.6 Å². The van der Waals surface area contributed by atoms with Crippen LogP contribution in [0.25, 0.3) is 11.5 Å². The number of amides is 2. The van der Waals surface area contributed by atoms with Crippen molar-refractivity contribution in [1.29, 1.82) is 0 Å². The molecule has 0 spiro atoms. The number of benzene rings is 1. The van der Waals surface area contributed by atoms with Gasteiger partial charge in [-0.3, -0.25) is 0 Å². The lowest BCUT2D eigenvalue weighted by Crippen LogP contribution is -2.36. The van der Waals surface area contributed by atoms with E-state index in [0.29, 0.717) is 24.6 Å². The van der Waals surface area contributed by atoms with Crippen molar-refractivity contribution in [3.63, 3.8) is 0 Å². The molecule has 112 valence electrons. The molecule has 2 aromatic rings. The maximum atomic E-state index is 11.5. The third-order valence-electron chi connectivity index (χ3n) is 2.85. The standard InChI is InChI=1S/C15H19N3O3/c1-11(19)7-8-16-15(20)17-9-13-10-21-14(18-13)12-5-3-2-4-6-12/h2-6,10-11,19H,7-9H2,1H3,(H2,16,17,20). The zero-order chi connectivity index (χ0) is 15.1. The van der Waals surface area contributed by atoms with Crippen LogP contribution in [0.5, 0.6) is 0 Å². The van der Waals surface area contributed by atoms with Gasteiger partial charge in [0.1, 0.15) is 6.26 Å². The van der Waals surface area contributed by atoms with Crippen molar-refractivity contribution in [2.45, 2.75) is 26.0 Å². The number of nitrogens with one attached hydrogen (secondary N) is 2. The summed E-state index contributed by atoms with van der Waals surface area (Å²) in [6, 6.07) is 9.27. The van der Waals surface area contributed by atoms with Gasteiger partial charge in [0.2, 0.25) is 5.89 Å². The molecule has 21 heavy (non-hydrogen) atoms. The summed E-state index contributed by atoms with van der Waals surface area (Å²) in [4.78, 5) is 15.8. The zero-order valence-corrected chi connectivity index (χ0v) is 11.9. The summed E-state index contributed by atoms with van der Waals surface area (Å²) in [5.74, 6) is 0.530. The maximum Gasteiger partial charge on any atom is 0.315 e. The third kappa shape index (κ3) is 4.92. The summed E-state index contributed by atoms with van der Waals surface area (Å²) in [6.45, 7) is 2.40. The largest absolute Gasteiger partial charge is 0.444 e. The number of aromatic nitrogens is 1. The summed E-state index contributed by atoms with van der Waals surface area (Å²) < 4.78 is 5.38. The van der Waals surface area contributed by atoms with E-state index in [1.807, 2.05) is 30.3 Å². The molecule has 0 bridgehead atoms. The van der Waals surface area contributed by atoms with Crippen molar-refractivity contribution in [3.8, 4) is 11.5 Å². The molecule has 2 amide bonds. The number of oxazole rings is 1. The summed E-state index contributed by atoms with van der Waals surface area (Å²) in [5.41, 5.74) is 1.55. The second-order valence-electron chi connectivity index (χ2n) is 4.76. The van der Waals surface area contributed by atoms with E-state index in [2.05, 4.69) is 15.6 Å². The molecular weight excluding hydrogens is 270 g/mol. The van der Waals surface area contributed by atoms with Crippen molar-refractivity contribution in [3.05, 3.63) is 42.3 Å². The lowest BCUT2D eigenvalue weighted by atomic mass is 10.2. The second kappa shape index (κ2) is 7.44. The average molecular weight is 289 g/mol. The number of aliphatic hydroxyl groups is 1. The zero-order valence-electron chi connectivity index (χ0n) is 11.9. The monoisotopic (exact) mass is 289 g/mol. The van der Waals surface area contributed by atoms with Gasteiger partial charge in [0, 0.05) is 12.1 Å². The molecule has 1 aromatic heterocycles. The van der Waals surface area contributed by atoms with Gasteiger partial charge in [-0.25, -0.2) is 9.78 Å². The molecule has 1 aromatic carbocycles. The molecule has 0 aliphatic carbocycles. The average Bonchev–Trinajstić information content (AvgIpc) is 2.94. The van der Waals surface area contributed by atoms with Gasteiger partial charge in [0.25, 0.3) is 0 Å². The smallest absolute Gasteiger partial charge is 0.315 e. The molecule has 0 saturated heterocycles. The van der Waals surface area contributed by atoms with Crippen molar-refractivity contribution >= 4 is 6.03 Å². The highest BCUT2D eigenvalue weighted by atomic mass is 16.3.